The number of ketones is 1. The Morgan fingerprint density at radius 2 is 1.68 bits per heavy atom. The van der Waals surface area contributed by atoms with Gasteiger partial charge in [0.1, 0.15) is 6.04 Å². The molecule has 6 nitrogen and oxygen atoms in total. The summed E-state index contributed by atoms with van der Waals surface area (Å²) in [4.78, 5) is 37.0. The molecule has 6 heteroatoms. The third-order valence-electron chi connectivity index (χ3n) is 4.17. The van der Waals surface area contributed by atoms with Gasteiger partial charge in [-0.3, -0.25) is 4.79 Å². The molecule has 0 bridgehead atoms. The maximum atomic E-state index is 12.6. The molecule has 1 N–H and O–H groups in total. The second kappa shape index (κ2) is 6.17. The van der Waals surface area contributed by atoms with E-state index in [1.54, 1.807) is 24.3 Å². The summed E-state index contributed by atoms with van der Waals surface area (Å²) in [6.07, 6.45) is 4.93. The fourth-order valence-electron chi connectivity index (χ4n) is 3.00. The smallest absolute Gasteiger partial charge is 0.297 e. The molecule has 116 valence electrons. The van der Waals surface area contributed by atoms with Crippen LogP contribution in [0.1, 0.15) is 44.6 Å². The molecule has 1 saturated carbocycles. The standard InChI is InChI=1S/C16H19N3O3/c20-14-11-7-2-1-6-10-13(14)19-16(22)18(15(21)17-19)12-8-4-3-5-9-12/h3-5,8-9,13H,1-2,6-7,10-11H2,(H,17,21). The van der Waals surface area contributed by atoms with Gasteiger partial charge < -0.3 is 0 Å². The van der Waals surface area contributed by atoms with Crippen molar-refractivity contribution in [3.05, 3.63) is 51.3 Å². The van der Waals surface area contributed by atoms with E-state index in [2.05, 4.69) is 5.10 Å². The zero-order valence-electron chi connectivity index (χ0n) is 12.3. The molecule has 22 heavy (non-hydrogen) atoms. The highest BCUT2D eigenvalue weighted by atomic mass is 16.2. The third kappa shape index (κ3) is 2.68. The summed E-state index contributed by atoms with van der Waals surface area (Å²) in [5.74, 6) is 0.0308. The lowest BCUT2D eigenvalue weighted by atomic mass is 9.96. The van der Waals surface area contributed by atoms with Crippen LogP contribution < -0.4 is 11.4 Å². The molecule has 3 rings (SSSR count). The minimum absolute atomic E-state index is 0.0308. The van der Waals surface area contributed by atoms with Crippen LogP contribution in [0.4, 0.5) is 0 Å². The molecule has 0 amide bonds. The number of rotatable bonds is 2. The molecule has 1 aromatic heterocycles. The predicted molar refractivity (Wildman–Crippen MR) is 82.4 cm³/mol. The van der Waals surface area contributed by atoms with Gasteiger partial charge in [0.25, 0.3) is 0 Å². The first-order chi connectivity index (χ1) is 10.7. The average Bonchev–Trinajstić information content (AvgIpc) is 2.79. The summed E-state index contributed by atoms with van der Waals surface area (Å²) in [6.45, 7) is 0. The number of aromatic amines is 1. The predicted octanol–water partition coefficient (Wildman–Crippen LogP) is 1.79. The number of aromatic nitrogens is 3. The summed E-state index contributed by atoms with van der Waals surface area (Å²) < 4.78 is 2.29. The highest BCUT2D eigenvalue weighted by Gasteiger charge is 2.25. The van der Waals surface area contributed by atoms with E-state index in [-0.39, 0.29) is 5.78 Å². The van der Waals surface area contributed by atoms with Crippen molar-refractivity contribution in [2.24, 2.45) is 0 Å². The molecule has 1 unspecified atom stereocenters. The number of carbonyl (C=O) groups is 1. The van der Waals surface area contributed by atoms with Gasteiger partial charge in [-0.2, -0.15) is 0 Å². The van der Waals surface area contributed by atoms with Crippen LogP contribution in [0.3, 0.4) is 0 Å². The second-order valence-electron chi connectivity index (χ2n) is 5.68. The number of H-pyrrole nitrogens is 1. The third-order valence-corrected chi connectivity index (χ3v) is 4.17. The van der Waals surface area contributed by atoms with Crippen molar-refractivity contribution in [3.8, 4) is 5.69 Å². The quantitative estimate of drug-likeness (QED) is 0.918. The van der Waals surface area contributed by atoms with Crippen LogP contribution in [0.15, 0.2) is 39.9 Å². The number of nitrogens with one attached hydrogen (secondary N) is 1. The van der Waals surface area contributed by atoms with Crippen LogP contribution >= 0.6 is 0 Å². The molecule has 1 heterocycles. The molecule has 0 saturated heterocycles. The zero-order valence-corrected chi connectivity index (χ0v) is 12.3. The van der Waals surface area contributed by atoms with Gasteiger partial charge in [-0.25, -0.2) is 23.9 Å². The second-order valence-corrected chi connectivity index (χ2v) is 5.68. The van der Waals surface area contributed by atoms with Crippen LogP contribution in [0, 0.1) is 0 Å². The lowest BCUT2D eigenvalue weighted by Gasteiger charge is -2.18. The number of hydrogen-bond donors (Lipinski definition) is 1. The van der Waals surface area contributed by atoms with Crippen LogP contribution in [0.5, 0.6) is 0 Å². The molecule has 1 aliphatic rings. The van der Waals surface area contributed by atoms with E-state index in [4.69, 9.17) is 0 Å². The van der Waals surface area contributed by atoms with E-state index in [1.807, 2.05) is 6.07 Å². The van der Waals surface area contributed by atoms with Crippen LogP contribution in [0.2, 0.25) is 0 Å². The van der Waals surface area contributed by atoms with Crippen LogP contribution in [-0.2, 0) is 4.79 Å². The first-order valence-corrected chi connectivity index (χ1v) is 7.70. The van der Waals surface area contributed by atoms with E-state index >= 15 is 0 Å². The molecule has 2 aromatic rings. The summed E-state index contributed by atoms with van der Waals surface area (Å²) in [5, 5.41) is 2.55. The normalized spacial score (nSPS) is 19.6. The van der Waals surface area contributed by atoms with Crippen molar-refractivity contribution in [3.63, 3.8) is 0 Å². The Hall–Kier alpha value is -2.37. The first kappa shape index (κ1) is 14.6. The Bertz CT molecular complexity index is 770. The molecular weight excluding hydrogens is 282 g/mol. The molecule has 0 aliphatic heterocycles. The number of benzene rings is 1. The molecule has 1 aromatic carbocycles. The molecule has 0 radical (unpaired) electrons. The Labute approximate surface area is 127 Å². The van der Waals surface area contributed by atoms with Gasteiger partial charge in [-0.05, 0) is 25.0 Å². The van der Waals surface area contributed by atoms with Crippen molar-refractivity contribution in [2.45, 2.75) is 44.6 Å². The largest absolute Gasteiger partial charge is 0.352 e. The van der Waals surface area contributed by atoms with Crippen molar-refractivity contribution in [1.82, 2.24) is 14.3 Å². The van der Waals surface area contributed by atoms with Crippen molar-refractivity contribution in [2.75, 3.05) is 0 Å². The number of Topliss-reactive ketones (excluding diaryl/α,β-unsaturated/α-hetero) is 1. The summed E-state index contributed by atoms with van der Waals surface area (Å²) in [7, 11) is 0. The van der Waals surface area contributed by atoms with E-state index in [9.17, 15) is 14.4 Å². The summed E-state index contributed by atoms with van der Waals surface area (Å²) >= 11 is 0. The average molecular weight is 301 g/mol. The highest BCUT2D eigenvalue weighted by Crippen LogP contribution is 2.21. The van der Waals surface area contributed by atoms with E-state index < -0.39 is 17.4 Å². The lowest BCUT2D eigenvalue weighted by molar-refractivity contribution is -0.123. The van der Waals surface area contributed by atoms with Crippen molar-refractivity contribution >= 4 is 5.78 Å². The van der Waals surface area contributed by atoms with Gasteiger partial charge in [0.05, 0.1) is 5.69 Å². The highest BCUT2D eigenvalue weighted by molar-refractivity contribution is 5.82. The molecule has 1 atom stereocenters. The van der Waals surface area contributed by atoms with Crippen molar-refractivity contribution < 1.29 is 4.79 Å². The zero-order chi connectivity index (χ0) is 15.5. The number of carbonyl (C=O) groups excluding carboxylic acids is 1. The monoisotopic (exact) mass is 301 g/mol. The van der Waals surface area contributed by atoms with Gasteiger partial charge in [-0.1, -0.05) is 37.5 Å². The first-order valence-electron chi connectivity index (χ1n) is 7.70. The summed E-state index contributed by atoms with van der Waals surface area (Å²) in [6, 6.07) is 8.18. The Kier molecular flexibility index (Phi) is 4.09. The van der Waals surface area contributed by atoms with E-state index in [0.717, 1.165) is 30.3 Å². The number of hydrogen-bond acceptors (Lipinski definition) is 3. The van der Waals surface area contributed by atoms with Crippen LogP contribution in [-0.4, -0.2) is 20.1 Å². The maximum absolute atomic E-state index is 12.6. The van der Waals surface area contributed by atoms with Gasteiger partial charge >= 0.3 is 11.4 Å². The lowest BCUT2D eigenvalue weighted by Crippen LogP contribution is -2.32. The van der Waals surface area contributed by atoms with E-state index in [0.29, 0.717) is 18.5 Å². The van der Waals surface area contributed by atoms with Gasteiger partial charge in [0.2, 0.25) is 0 Å². The molecule has 1 fully saturated rings. The Morgan fingerprint density at radius 1 is 0.955 bits per heavy atom. The summed E-state index contributed by atoms with van der Waals surface area (Å²) in [5.41, 5.74) is -0.480. The molecule has 1 aliphatic carbocycles. The van der Waals surface area contributed by atoms with Gasteiger partial charge in [0.15, 0.2) is 5.78 Å². The van der Waals surface area contributed by atoms with Gasteiger partial charge in [-0.15, -0.1) is 0 Å². The van der Waals surface area contributed by atoms with Gasteiger partial charge in [0, 0.05) is 6.42 Å². The van der Waals surface area contributed by atoms with Crippen molar-refractivity contribution in [1.29, 1.82) is 0 Å². The SMILES string of the molecule is O=C1CCCCCCC1n1[nH]c(=O)n(-c2ccccc2)c1=O. The minimum atomic E-state index is -0.550. The topological polar surface area (TPSA) is 76.9 Å². The fourth-order valence-corrected chi connectivity index (χ4v) is 3.00. The maximum Gasteiger partial charge on any atom is 0.352 e. The Balaban J connectivity index is 2.04. The molecular formula is C16H19N3O3. The minimum Gasteiger partial charge on any atom is -0.297 e. The molecule has 0 spiro atoms. The Morgan fingerprint density at radius 3 is 2.45 bits per heavy atom. The number of para-hydroxylation sites is 1. The fraction of sp³-hybridized carbons (Fsp3) is 0.438. The van der Waals surface area contributed by atoms with Crippen LogP contribution in [0.25, 0.3) is 5.69 Å². The number of nitrogens with zero attached hydrogens (tertiary/aromatic N) is 2. The van der Waals surface area contributed by atoms with E-state index in [1.165, 1.54) is 4.68 Å².